The molecule has 1 aliphatic heterocycles. The Morgan fingerprint density at radius 3 is 2.63 bits per heavy atom. The van der Waals surface area contributed by atoms with Crippen LogP contribution in [0.2, 0.25) is 0 Å². The van der Waals surface area contributed by atoms with Crippen molar-refractivity contribution in [2.75, 3.05) is 20.1 Å². The second kappa shape index (κ2) is 9.58. The molecule has 3 rings (SSSR count). The number of nitrogens with zero attached hydrogens (tertiary/aromatic N) is 4. The topological polar surface area (TPSA) is 45.5 Å². The third-order valence-electron chi connectivity index (χ3n) is 5.26. The predicted molar refractivity (Wildman–Crippen MR) is 112 cm³/mol. The van der Waals surface area contributed by atoms with E-state index in [9.17, 15) is 0 Å². The van der Waals surface area contributed by atoms with Crippen molar-refractivity contribution in [3.63, 3.8) is 0 Å². The van der Waals surface area contributed by atoms with Crippen molar-refractivity contribution in [3.8, 4) is 0 Å². The average molecular weight is 368 g/mol. The molecule has 0 unspecified atom stereocenters. The Morgan fingerprint density at radius 2 is 1.96 bits per heavy atom. The van der Waals surface area contributed by atoms with Gasteiger partial charge in [-0.05, 0) is 36.7 Å². The van der Waals surface area contributed by atoms with Crippen molar-refractivity contribution in [1.82, 2.24) is 19.8 Å². The highest BCUT2D eigenvalue weighted by Crippen LogP contribution is 2.21. The summed E-state index contributed by atoms with van der Waals surface area (Å²) in [5.41, 5.74) is 1.45. The van der Waals surface area contributed by atoms with Gasteiger partial charge in [0.25, 0.3) is 0 Å². The lowest BCUT2D eigenvalue weighted by molar-refractivity contribution is 0.258. The highest BCUT2D eigenvalue weighted by molar-refractivity contribution is 5.79. The molecule has 0 aliphatic carbocycles. The van der Waals surface area contributed by atoms with Gasteiger partial charge in [0, 0.05) is 39.1 Å². The number of piperidine rings is 1. The zero-order chi connectivity index (χ0) is 19.1. The van der Waals surface area contributed by atoms with Gasteiger partial charge in [-0.2, -0.15) is 0 Å². The molecule has 0 saturated carbocycles. The van der Waals surface area contributed by atoms with E-state index in [0.29, 0.717) is 5.92 Å². The maximum atomic E-state index is 4.51. The first-order valence-electron chi connectivity index (χ1n) is 10.1. The smallest absolute Gasteiger partial charge is 0.194 e. The fraction of sp³-hybridized carbons (Fsp3) is 0.545. The molecule has 1 aromatic carbocycles. The maximum Gasteiger partial charge on any atom is 0.194 e. The lowest BCUT2D eigenvalue weighted by atomic mass is 9.90. The lowest BCUT2D eigenvalue weighted by Crippen LogP contribution is -2.45. The fourth-order valence-electron chi connectivity index (χ4n) is 3.85. The number of nitrogens with one attached hydrogen (secondary N) is 1. The molecule has 2 heterocycles. The van der Waals surface area contributed by atoms with Crippen molar-refractivity contribution < 1.29 is 0 Å². The van der Waals surface area contributed by atoms with Crippen molar-refractivity contribution in [3.05, 3.63) is 54.1 Å². The first kappa shape index (κ1) is 19.5. The minimum atomic E-state index is 0.612. The summed E-state index contributed by atoms with van der Waals surface area (Å²) in [4.78, 5) is 11.4. The summed E-state index contributed by atoms with van der Waals surface area (Å²) in [6.07, 6.45) is 7.58. The minimum absolute atomic E-state index is 0.612. The van der Waals surface area contributed by atoms with E-state index in [1.165, 1.54) is 24.8 Å². The van der Waals surface area contributed by atoms with Gasteiger partial charge < -0.3 is 14.8 Å². The first-order valence-corrected chi connectivity index (χ1v) is 10.1. The number of aromatic nitrogens is 2. The number of hydrogen-bond donors (Lipinski definition) is 1. The van der Waals surface area contributed by atoms with Crippen LogP contribution in [0.15, 0.2) is 47.7 Å². The molecule has 1 aromatic heterocycles. The summed E-state index contributed by atoms with van der Waals surface area (Å²) < 4.78 is 2.23. The summed E-state index contributed by atoms with van der Waals surface area (Å²) in [6.45, 7) is 8.32. The Morgan fingerprint density at radius 1 is 1.22 bits per heavy atom. The van der Waals surface area contributed by atoms with E-state index in [2.05, 4.69) is 75.1 Å². The molecule has 5 nitrogen and oxygen atoms in total. The van der Waals surface area contributed by atoms with Crippen LogP contribution in [0.5, 0.6) is 0 Å². The lowest BCUT2D eigenvalue weighted by Gasteiger charge is -2.34. The van der Waals surface area contributed by atoms with Gasteiger partial charge in [-0.15, -0.1) is 0 Å². The third-order valence-corrected chi connectivity index (χ3v) is 5.26. The van der Waals surface area contributed by atoms with Gasteiger partial charge in [0.1, 0.15) is 5.82 Å². The van der Waals surface area contributed by atoms with Crippen LogP contribution in [-0.4, -0.2) is 40.5 Å². The van der Waals surface area contributed by atoms with E-state index in [1.807, 2.05) is 13.2 Å². The average Bonchev–Trinajstić information content (AvgIpc) is 3.10. The summed E-state index contributed by atoms with van der Waals surface area (Å²) in [5, 5.41) is 3.51. The Hall–Kier alpha value is -2.30. The fourth-order valence-corrected chi connectivity index (χ4v) is 3.85. The Balaban J connectivity index is 1.49. The van der Waals surface area contributed by atoms with Gasteiger partial charge >= 0.3 is 0 Å². The summed E-state index contributed by atoms with van der Waals surface area (Å²) in [7, 11) is 1.87. The standard InChI is InChI=1S/C22H33N5/c1-18(2)17-27-14-11-24-21(27)16-25-22(23-3)26-12-9-20(10-13-26)15-19-7-5-4-6-8-19/h4-8,11,14,18,20H,9-10,12-13,15-17H2,1-3H3,(H,23,25). The zero-order valence-corrected chi connectivity index (χ0v) is 16.9. The molecular weight excluding hydrogens is 334 g/mol. The number of aliphatic imine (C=N–C) groups is 1. The van der Waals surface area contributed by atoms with Crippen molar-refractivity contribution in [2.24, 2.45) is 16.8 Å². The van der Waals surface area contributed by atoms with E-state index >= 15 is 0 Å². The zero-order valence-electron chi connectivity index (χ0n) is 16.9. The van der Waals surface area contributed by atoms with Crippen LogP contribution in [0.1, 0.15) is 38.1 Å². The van der Waals surface area contributed by atoms with Gasteiger partial charge in [0.05, 0.1) is 6.54 Å². The molecule has 0 bridgehead atoms. The third kappa shape index (κ3) is 5.59. The molecule has 2 aromatic rings. The predicted octanol–water partition coefficient (Wildman–Crippen LogP) is 3.57. The first-order chi connectivity index (χ1) is 13.2. The second-order valence-electron chi connectivity index (χ2n) is 7.91. The largest absolute Gasteiger partial charge is 0.349 e. The quantitative estimate of drug-likeness (QED) is 0.627. The van der Waals surface area contributed by atoms with Crippen LogP contribution < -0.4 is 5.32 Å². The van der Waals surface area contributed by atoms with E-state index < -0.39 is 0 Å². The molecule has 5 heteroatoms. The minimum Gasteiger partial charge on any atom is -0.349 e. The number of imidazole rings is 1. The van der Waals surface area contributed by atoms with Crippen LogP contribution >= 0.6 is 0 Å². The van der Waals surface area contributed by atoms with Crippen LogP contribution in [0.3, 0.4) is 0 Å². The van der Waals surface area contributed by atoms with Gasteiger partial charge in [0.15, 0.2) is 5.96 Å². The Kier molecular flexibility index (Phi) is 6.91. The Bertz CT molecular complexity index is 711. The van der Waals surface area contributed by atoms with Crippen molar-refractivity contribution in [2.45, 2.75) is 46.2 Å². The molecule has 27 heavy (non-hydrogen) atoms. The molecule has 1 fully saturated rings. The van der Waals surface area contributed by atoms with Crippen LogP contribution in [0.25, 0.3) is 0 Å². The number of likely N-dealkylation sites (tertiary alicyclic amines) is 1. The monoisotopic (exact) mass is 367 g/mol. The van der Waals surface area contributed by atoms with Gasteiger partial charge in [-0.1, -0.05) is 44.2 Å². The van der Waals surface area contributed by atoms with Crippen LogP contribution in [0.4, 0.5) is 0 Å². The molecule has 1 saturated heterocycles. The van der Waals surface area contributed by atoms with E-state index in [4.69, 9.17) is 0 Å². The maximum absolute atomic E-state index is 4.51. The van der Waals surface area contributed by atoms with Crippen LogP contribution in [-0.2, 0) is 19.5 Å². The van der Waals surface area contributed by atoms with E-state index in [1.54, 1.807) is 0 Å². The second-order valence-corrected chi connectivity index (χ2v) is 7.91. The Labute approximate surface area is 163 Å². The molecule has 0 atom stereocenters. The summed E-state index contributed by atoms with van der Waals surface area (Å²) in [5.74, 6) is 3.45. The summed E-state index contributed by atoms with van der Waals surface area (Å²) in [6, 6.07) is 10.9. The number of guanidine groups is 1. The molecular formula is C22H33N5. The number of rotatable bonds is 6. The number of hydrogen-bond acceptors (Lipinski definition) is 2. The summed E-state index contributed by atoms with van der Waals surface area (Å²) >= 11 is 0. The molecule has 0 amide bonds. The van der Waals surface area contributed by atoms with Crippen LogP contribution in [0, 0.1) is 11.8 Å². The molecule has 146 valence electrons. The van der Waals surface area contributed by atoms with E-state index in [-0.39, 0.29) is 0 Å². The van der Waals surface area contributed by atoms with Crippen molar-refractivity contribution >= 4 is 5.96 Å². The molecule has 0 spiro atoms. The van der Waals surface area contributed by atoms with Crippen molar-refractivity contribution in [1.29, 1.82) is 0 Å². The molecule has 1 N–H and O–H groups in total. The van der Waals surface area contributed by atoms with Gasteiger partial charge in [0.2, 0.25) is 0 Å². The molecule has 0 radical (unpaired) electrons. The normalized spacial score (nSPS) is 16.1. The van der Waals surface area contributed by atoms with E-state index in [0.717, 1.165) is 43.9 Å². The van der Waals surface area contributed by atoms with Gasteiger partial charge in [-0.25, -0.2) is 4.98 Å². The highest BCUT2D eigenvalue weighted by atomic mass is 15.3. The SMILES string of the molecule is CN=C(NCc1nccn1CC(C)C)N1CCC(Cc2ccccc2)CC1. The number of benzene rings is 1. The highest BCUT2D eigenvalue weighted by Gasteiger charge is 2.21. The van der Waals surface area contributed by atoms with Gasteiger partial charge in [-0.3, -0.25) is 4.99 Å². The molecule has 1 aliphatic rings.